The Bertz CT molecular complexity index is 161. The van der Waals surface area contributed by atoms with Gasteiger partial charge in [-0.25, -0.2) is 4.79 Å². The van der Waals surface area contributed by atoms with Crippen molar-refractivity contribution in [2.45, 2.75) is 13.3 Å². The lowest BCUT2D eigenvalue weighted by Crippen LogP contribution is -2.29. The quantitative estimate of drug-likeness (QED) is 0.655. The summed E-state index contributed by atoms with van der Waals surface area (Å²) in [6, 6.07) is 0. The molecule has 1 saturated heterocycles. The third-order valence-electron chi connectivity index (χ3n) is 2.36. The zero-order valence-electron chi connectivity index (χ0n) is 7.42. The Morgan fingerprint density at radius 3 is 3.00 bits per heavy atom. The van der Waals surface area contributed by atoms with Gasteiger partial charge in [0.25, 0.3) is 0 Å². The molecule has 1 aliphatic heterocycles. The van der Waals surface area contributed by atoms with E-state index in [1.807, 2.05) is 0 Å². The molecule has 12 heavy (non-hydrogen) atoms. The van der Waals surface area contributed by atoms with Gasteiger partial charge in [-0.3, -0.25) is 0 Å². The standard InChI is InChI=1S/C8H16N2O2/c1-2-10-4-3-7(6-10)5-9-8(11)12/h7,9H,2-6H2,1H3,(H,11,12)/t7-/m0/s1. The summed E-state index contributed by atoms with van der Waals surface area (Å²) in [5, 5.41) is 10.8. The van der Waals surface area contributed by atoms with Crippen LogP contribution in [0.5, 0.6) is 0 Å². The van der Waals surface area contributed by atoms with Crippen LogP contribution in [-0.4, -0.2) is 42.3 Å². The zero-order chi connectivity index (χ0) is 8.97. The second kappa shape index (κ2) is 4.30. The van der Waals surface area contributed by atoms with Crippen molar-refractivity contribution in [3.8, 4) is 0 Å². The SMILES string of the molecule is CCN1CC[C@@H](CNC(=O)O)C1. The first-order valence-electron chi connectivity index (χ1n) is 4.41. The molecule has 2 N–H and O–H groups in total. The third kappa shape index (κ3) is 2.70. The van der Waals surface area contributed by atoms with E-state index >= 15 is 0 Å². The Labute approximate surface area is 72.6 Å². The van der Waals surface area contributed by atoms with E-state index < -0.39 is 6.09 Å². The number of carbonyl (C=O) groups is 1. The maximum atomic E-state index is 10.2. The number of amides is 1. The minimum atomic E-state index is -0.912. The number of nitrogens with zero attached hydrogens (tertiary/aromatic N) is 1. The van der Waals surface area contributed by atoms with Crippen molar-refractivity contribution in [3.05, 3.63) is 0 Å². The van der Waals surface area contributed by atoms with Crippen molar-refractivity contribution in [2.75, 3.05) is 26.2 Å². The van der Waals surface area contributed by atoms with E-state index in [9.17, 15) is 4.79 Å². The van der Waals surface area contributed by atoms with Crippen LogP contribution in [0.15, 0.2) is 0 Å². The largest absolute Gasteiger partial charge is 0.465 e. The molecular weight excluding hydrogens is 156 g/mol. The van der Waals surface area contributed by atoms with Gasteiger partial charge in [0.15, 0.2) is 0 Å². The normalized spacial score (nSPS) is 24.2. The summed E-state index contributed by atoms with van der Waals surface area (Å²) in [7, 11) is 0. The lowest BCUT2D eigenvalue weighted by atomic mass is 10.1. The Morgan fingerprint density at radius 1 is 1.75 bits per heavy atom. The van der Waals surface area contributed by atoms with Crippen LogP contribution >= 0.6 is 0 Å². The summed E-state index contributed by atoms with van der Waals surface area (Å²) in [4.78, 5) is 12.5. The van der Waals surface area contributed by atoms with Crippen LogP contribution in [0.2, 0.25) is 0 Å². The third-order valence-corrected chi connectivity index (χ3v) is 2.36. The molecule has 0 radical (unpaired) electrons. The monoisotopic (exact) mass is 172 g/mol. The van der Waals surface area contributed by atoms with Crippen molar-refractivity contribution in [2.24, 2.45) is 5.92 Å². The first kappa shape index (κ1) is 9.32. The molecule has 1 amide bonds. The van der Waals surface area contributed by atoms with Crippen molar-refractivity contribution >= 4 is 6.09 Å². The van der Waals surface area contributed by atoms with Gasteiger partial charge in [-0.05, 0) is 25.4 Å². The number of hydrogen-bond donors (Lipinski definition) is 2. The second-order valence-corrected chi connectivity index (χ2v) is 3.23. The van der Waals surface area contributed by atoms with Crippen molar-refractivity contribution < 1.29 is 9.90 Å². The average molecular weight is 172 g/mol. The van der Waals surface area contributed by atoms with Crippen LogP contribution < -0.4 is 5.32 Å². The number of carboxylic acid groups (broad SMARTS) is 1. The molecule has 70 valence electrons. The minimum absolute atomic E-state index is 0.515. The Morgan fingerprint density at radius 2 is 2.50 bits per heavy atom. The fourth-order valence-corrected chi connectivity index (χ4v) is 1.60. The minimum Gasteiger partial charge on any atom is -0.465 e. The molecule has 0 unspecified atom stereocenters. The highest BCUT2D eigenvalue weighted by atomic mass is 16.4. The molecule has 0 bridgehead atoms. The van der Waals surface area contributed by atoms with E-state index in [2.05, 4.69) is 17.1 Å². The maximum absolute atomic E-state index is 10.2. The zero-order valence-corrected chi connectivity index (χ0v) is 7.42. The van der Waals surface area contributed by atoms with Crippen LogP contribution in [-0.2, 0) is 0 Å². The van der Waals surface area contributed by atoms with Gasteiger partial charge in [-0.2, -0.15) is 0 Å². The molecule has 1 heterocycles. The fourth-order valence-electron chi connectivity index (χ4n) is 1.60. The molecule has 4 nitrogen and oxygen atoms in total. The molecule has 0 aromatic carbocycles. The smallest absolute Gasteiger partial charge is 0.404 e. The molecule has 4 heteroatoms. The van der Waals surface area contributed by atoms with E-state index in [0.717, 1.165) is 26.1 Å². The van der Waals surface area contributed by atoms with Gasteiger partial charge in [-0.1, -0.05) is 6.92 Å². The van der Waals surface area contributed by atoms with Crippen LogP contribution in [0.3, 0.4) is 0 Å². The Balaban J connectivity index is 2.15. The number of nitrogens with one attached hydrogen (secondary N) is 1. The van der Waals surface area contributed by atoms with Crippen molar-refractivity contribution in [1.82, 2.24) is 10.2 Å². The van der Waals surface area contributed by atoms with E-state index in [-0.39, 0.29) is 0 Å². The lowest BCUT2D eigenvalue weighted by Gasteiger charge is -2.12. The first-order valence-corrected chi connectivity index (χ1v) is 4.41. The second-order valence-electron chi connectivity index (χ2n) is 3.23. The summed E-state index contributed by atoms with van der Waals surface area (Å²) in [6.45, 7) is 5.96. The number of rotatable bonds is 3. The maximum Gasteiger partial charge on any atom is 0.404 e. The van der Waals surface area contributed by atoms with Gasteiger partial charge >= 0.3 is 6.09 Å². The Hall–Kier alpha value is -0.770. The highest BCUT2D eigenvalue weighted by molar-refractivity contribution is 5.64. The predicted octanol–water partition coefficient (Wildman–Crippen LogP) is 0.596. The molecule has 0 spiro atoms. The number of likely N-dealkylation sites (tertiary alicyclic amines) is 1. The summed E-state index contributed by atoms with van der Waals surface area (Å²) in [6.07, 6.45) is 0.207. The van der Waals surface area contributed by atoms with E-state index in [1.165, 1.54) is 0 Å². The van der Waals surface area contributed by atoms with Gasteiger partial charge in [-0.15, -0.1) is 0 Å². The molecule has 0 saturated carbocycles. The summed E-state index contributed by atoms with van der Waals surface area (Å²) in [5.74, 6) is 0.515. The van der Waals surface area contributed by atoms with Crippen LogP contribution in [0.25, 0.3) is 0 Å². The molecule has 1 rings (SSSR count). The highest BCUT2D eigenvalue weighted by Gasteiger charge is 2.20. The van der Waals surface area contributed by atoms with Crippen molar-refractivity contribution in [1.29, 1.82) is 0 Å². The highest BCUT2D eigenvalue weighted by Crippen LogP contribution is 2.14. The first-order chi connectivity index (χ1) is 5.72. The van der Waals surface area contributed by atoms with Gasteiger partial charge < -0.3 is 15.3 Å². The van der Waals surface area contributed by atoms with E-state index in [1.54, 1.807) is 0 Å². The molecular formula is C8H16N2O2. The van der Waals surface area contributed by atoms with E-state index in [0.29, 0.717) is 12.5 Å². The van der Waals surface area contributed by atoms with Gasteiger partial charge in [0.2, 0.25) is 0 Å². The van der Waals surface area contributed by atoms with Gasteiger partial charge in [0, 0.05) is 13.1 Å². The number of hydrogen-bond acceptors (Lipinski definition) is 2. The summed E-state index contributed by atoms with van der Waals surface area (Å²) < 4.78 is 0. The summed E-state index contributed by atoms with van der Waals surface area (Å²) >= 11 is 0. The van der Waals surface area contributed by atoms with Crippen molar-refractivity contribution in [3.63, 3.8) is 0 Å². The predicted molar refractivity (Wildman–Crippen MR) is 46.2 cm³/mol. The molecule has 1 atom stereocenters. The lowest BCUT2D eigenvalue weighted by molar-refractivity contribution is 0.192. The van der Waals surface area contributed by atoms with Gasteiger partial charge in [0.1, 0.15) is 0 Å². The molecule has 0 aromatic rings. The molecule has 0 aliphatic carbocycles. The van der Waals surface area contributed by atoms with Gasteiger partial charge in [0.05, 0.1) is 0 Å². The molecule has 0 aromatic heterocycles. The molecule has 1 fully saturated rings. The van der Waals surface area contributed by atoms with E-state index in [4.69, 9.17) is 5.11 Å². The summed E-state index contributed by atoms with van der Waals surface area (Å²) in [5.41, 5.74) is 0. The molecule has 1 aliphatic rings. The topological polar surface area (TPSA) is 52.6 Å². The van der Waals surface area contributed by atoms with Crippen LogP contribution in [0.1, 0.15) is 13.3 Å². The van der Waals surface area contributed by atoms with Crippen LogP contribution in [0.4, 0.5) is 4.79 Å². The fraction of sp³-hybridized carbons (Fsp3) is 0.875. The Kier molecular flexibility index (Phi) is 3.34. The average Bonchev–Trinajstić information content (AvgIpc) is 2.48. The van der Waals surface area contributed by atoms with Crippen LogP contribution in [0, 0.1) is 5.92 Å².